The Morgan fingerprint density at radius 3 is 2.67 bits per heavy atom. The van der Waals surface area contributed by atoms with Crippen LogP contribution in [0.2, 0.25) is 0 Å². The highest BCUT2D eigenvalue weighted by Crippen LogP contribution is 2.33. The first kappa shape index (κ1) is 13.6. The van der Waals surface area contributed by atoms with Gasteiger partial charge in [-0.15, -0.1) is 0 Å². The minimum atomic E-state index is -1.12. The van der Waals surface area contributed by atoms with Crippen molar-refractivity contribution < 1.29 is 19.6 Å². The maximum Gasteiger partial charge on any atom is 0.372 e. The van der Waals surface area contributed by atoms with Crippen LogP contribution < -0.4 is 9.64 Å². The van der Waals surface area contributed by atoms with Gasteiger partial charge in [-0.3, -0.25) is 10.1 Å². The topological polar surface area (TPSA) is 119 Å². The molecule has 1 aromatic rings. The average molecular weight is 256 g/mol. The number of aliphatic carboxylic acids is 1. The van der Waals surface area contributed by atoms with Gasteiger partial charge in [0.25, 0.3) is 5.88 Å². The number of nitrogens with zero attached hydrogens (tertiary/aromatic N) is 4. The number of nitro groups is 1. The van der Waals surface area contributed by atoms with Gasteiger partial charge in [-0.2, -0.15) is 4.98 Å². The van der Waals surface area contributed by atoms with Crippen molar-refractivity contribution in [1.29, 1.82) is 0 Å². The largest absolute Gasteiger partial charge is 0.480 e. The molecule has 0 aliphatic rings. The smallest absolute Gasteiger partial charge is 0.372 e. The lowest BCUT2D eigenvalue weighted by Gasteiger charge is -2.22. The standard InChI is InChI=1S/C9H12N4O5/c1-5(9(14)15)12(2)7-6(13(16)17)8(18-3)11-4-10-7/h4-5H,1-3H3,(H,14,15). The van der Waals surface area contributed by atoms with Crippen LogP contribution in [0.1, 0.15) is 6.92 Å². The second-order valence-corrected chi connectivity index (χ2v) is 3.44. The number of hydrogen-bond donors (Lipinski definition) is 1. The number of ether oxygens (including phenoxy) is 1. The molecule has 0 radical (unpaired) electrons. The van der Waals surface area contributed by atoms with Gasteiger partial charge in [-0.25, -0.2) is 9.78 Å². The Labute approximate surface area is 102 Å². The fourth-order valence-corrected chi connectivity index (χ4v) is 1.27. The summed E-state index contributed by atoms with van der Waals surface area (Å²) >= 11 is 0. The summed E-state index contributed by atoms with van der Waals surface area (Å²) in [6, 6.07) is -0.969. The number of carbonyl (C=O) groups is 1. The molecule has 0 aliphatic carbocycles. The van der Waals surface area contributed by atoms with E-state index in [9.17, 15) is 14.9 Å². The van der Waals surface area contributed by atoms with Gasteiger partial charge in [-0.1, -0.05) is 0 Å². The summed E-state index contributed by atoms with van der Waals surface area (Å²) in [6.07, 6.45) is 1.08. The van der Waals surface area contributed by atoms with Gasteiger partial charge in [0.1, 0.15) is 12.4 Å². The van der Waals surface area contributed by atoms with Gasteiger partial charge >= 0.3 is 11.7 Å². The monoisotopic (exact) mass is 256 g/mol. The number of hydrogen-bond acceptors (Lipinski definition) is 7. The molecule has 0 spiro atoms. The lowest BCUT2D eigenvalue weighted by atomic mass is 10.3. The Kier molecular flexibility index (Phi) is 3.97. The molecule has 1 heterocycles. The number of aromatic nitrogens is 2. The van der Waals surface area contributed by atoms with E-state index in [1.165, 1.54) is 26.0 Å². The minimum absolute atomic E-state index is 0.109. The molecule has 0 aliphatic heterocycles. The molecule has 9 nitrogen and oxygen atoms in total. The van der Waals surface area contributed by atoms with Crippen molar-refractivity contribution in [2.45, 2.75) is 13.0 Å². The highest BCUT2D eigenvalue weighted by molar-refractivity contribution is 5.78. The van der Waals surface area contributed by atoms with Gasteiger partial charge in [0, 0.05) is 7.05 Å². The first-order valence-corrected chi connectivity index (χ1v) is 4.89. The summed E-state index contributed by atoms with van der Waals surface area (Å²) in [6.45, 7) is 1.39. The Bertz CT molecular complexity index is 478. The van der Waals surface area contributed by atoms with Crippen molar-refractivity contribution in [3.63, 3.8) is 0 Å². The summed E-state index contributed by atoms with van der Waals surface area (Å²) in [5.41, 5.74) is -0.462. The Balaban J connectivity index is 3.31. The lowest BCUT2D eigenvalue weighted by molar-refractivity contribution is -0.385. The Morgan fingerprint density at radius 1 is 1.61 bits per heavy atom. The predicted molar refractivity (Wildman–Crippen MR) is 60.7 cm³/mol. The van der Waals surface area contributed by atoms with Crippen LogP contribution in [0.4, 0.5) is 11.5 Å². The van der Waals surface area contributed by atoms with Crippen molar-refractivity contribution in [1.82, 2.24) is 9.97 Å². The fraction of sp³-hybridized carbons (Fsp3) is 0.444. The molecule has 98 valence electrons. The molecular formula is C9H12N4O5. The molecule has 1 rings (SSSR count). The van der Waals surface area contributed by atoms with Gasteiger partial charge in [0.15, 0.2) is 0 Å². The summed E-state index contributed by atoms with van der Waals surface area (Å²) in [5, 5.41) is 19.9. The molecule has 1 unspecified atom stereocenters. The maximum atomic E-state index is 11.0. The van der Waals surface area contributed by atoms with Crippen molar-refractivity contribution in [3.05, 3.63) is 16.4 Å². The Hall–Kier alpha value is -2.45. The summed E-state index contributed by atoms with van der Waals surface area (Å²) in [7, 11) is 2.63. The van der Waals surface area contributed by atoms with Crippen molar-refractivity contribution in [3.8, 4) is 5.88 Å². The fourth-order valence-electron chi connectivity index (χ4n) is 1.27. The van der Waals surface area contributed by atoms with Crippen molar-refractivity contribution in [2.75, 3.05) is 19.1 Å². The summed E-state index contributed by atoms with van der Waals surface area (Å²) < 4.78 is 4.77. The van der Waals surface area contributed by atoms with Crippen LogP contribution in [-0.2, 0) is 4.79 Å². The first-order chi connectivity index (χ1) is 8.40. The highest BCUT2D eigenvalue weighted by Gasteiger charge is 2.30. The van der Waals surface area contributed by atoms with Gasteiger partial charge < -0.3 is 14.7 Å². The molecule has 0 saturated heterocycles. The van der Waals surface area contributed by atoms with Crippen LogP contribution in [0, 0.1) is 10.1 Å². The zero-order valence-electron chi connectivity index (χ0n) is 10.0. The molecule has 0 bridgehead atoms. The quantitative estimate of drug-likeness (QED) is 0.590. The van der Waals surface area contributed by atoms with Gasteiger partial charge in [0.2, 0.25) is 5.82 Å². The molecule has 0 amide bonds. The molecule has 18 heavy (non-hydrogen) atoms. The molecule has 1 N–H and O–H groups in total. The van der Waals surface area contributed by atoms with E-state index in [4.69, 9.17) is 9.84 Å². The van der Waals surface area contributed by atoms with E-state index in [0.717, 1.165) is 6.33 Å². The number of methoxy groups -OCH3 is 1. The second-order valence-electron chi connectivity index (χ2n) is 3.44. The highest BCUT2D eigenvalue weighted by atomic mass is 16.6. The summed E-state index contributed by atoms with van der Waals surface area (Å²) in [5.74, 6) is -1.44. The molecule has 9 heteroatoms. The molecular weight excluding hydrogens is 244 g/mol. The van der Waals surface area contributed by atoms with E-state index in [1.54, 1.807) is 0 Å². The van der Waals surface area contributed by atoms with E-state index in [-0.39, 0.29) is 11.7 Å². The zero-order valence-corrected chi connectivity index (χ0v) is 10.0. The third-order valence-electron chi connectivity index (χ3n) is 2.42. The first-order valence-electron chi connectivity index (χ1n) is 4.89. The van der Waals surface area contributed by atoms with Crippen LogP contribution in [0.3, 0.4) is 0 Å². The average Bonchev–Trinajstić information content (AvgIpc) is 2.35. The SMILES string of the molecule is COc1ncnc(N(C)C(C)C(=O)O)c1[N+](=O)[O-]. The predicted octanol–water partition coefficient (Wildman–Crippen LogP) is 0.303. The third kappa shape index (κ3) is 2.44. The number of rotatable bonds is 5. The molecule has 1 atom stereocenters. The molecule has 0 fully saturated rings. The molecule has 0 saturated carbocycles. The van der Waals surface area contributed by atoms with Crippen LogP contribution in [0.25, 0.3) is 0 Å². The number of likely N-dealkylation sites (N-methyl/N-ethyl adjacent to an activating group) is 1. The van der Waals surface area contributed by atoms with Crippen molar-refractivity contribution >= 4 is 17.5 Å². The van der Waals surface area contributed by atoms with Gasteiger partial charge in [0.05, 0.1) is 12.0 Å². The molecule has 1 aromatic heterocycles. The Morgan fingerprint density at radius 2 is 2.22 bits per heavy atom. The van der Waals surface area contributed by atoms with Crippen LogP contribution in [0.5, 0.6) is 5.88 Å². The van der Waals surface area contributed by atoms with Crippen LogP contribution in [-0.4, -0.2) is 46.2 Å². The van der Waals surface area contributed by atoms with Crippen LogP contribution in [0.15, 0.2) is 6.33 Å². The zero-order chi connectivity index (χ0) is 13.9. The number of carboxylic acids is 1. The lowest BCUT2D eigenvalue weighted by Crippen LogP contribution is -2.36. The van der Waals surface area contributed by atoms with E-state index in [0.29, 0.717) is 0 Å². The van der Waals surface area contributed by atoms with Gasteiger partial charge in [-0.05, 0) is 6.92 Å². The third-order valence-corrected chi connectivity index (χ3v) is 2.42. The van der Waals surface area contributed by atoms with E-state index in [1.807, 2.05) is 0 Å². The second kappa shape index (κ2) is 5.25. The van der Waals surface area contributed by atoms with E-state index in [2.05, 4.69) is 9.97 Å². The molecule has 0 aromatic carbocycles. The van der Waals surface area contributed by atoms with E-state index >= 15 is 0 Å². The van der Waals surface area contributed by atoms with Crippen molar-refractivity contribution in [2.24, 2.45) is 0 Å². The normalized spacial score (nSPS) is 11.7. The number of carboxylic acid groups (broad SMARTS) is 1. The maximum absolute atomic E-state index is 11.0. The van der Waals surface area contributed by atoms with E-state index < -0.39 is 22.6 Å². The van der Waals surface area contributed by atoms with Crippen LogP contribution >= 0.6 is 0 Å². The summed E-state index contributed by atoms with van der Waals surface area (Å²) in [4.78, 5) is 29.7. The minimum Gasteiger partial charge on any atom is -0.480 e. The number of anilines is 1.